The van der Waals surface area contributed by atoms with Gasteiger partial charge in [-0.15, -0.1) is 0 Å². The Morgan fingerprint density at radius 3 is 0.0481 bits per heavy atom. The van der Waals surface area contributed by atoms with Gasteiger partial charge in [-0.1, -0.05) is 0 Å². The van der Waals surface area contributed by atoms with Crippen LogP contribution in [0.25, 0.3) is 0 Å². The zero-order chi connectivity index (χ0) is 0. The van der Waals surface area contributed by atoms with Gasteiger partial charge < -0.3 is 383 Å². The molecule has 0 saturated carbocycles. The van der Waals surface area contributed by atoms with E-state index in [9.17, 15) is 0 Å². The maximum absolute atomic E-state index is 0. The molecule has 0 saturated heterocycles. The molecule has 0 aliphatic rings. The van der Waals surface area contributed by atoms with Gasteiger partial charge in [0, 0.05) is 1140 Å². The Balaban J connectivity index is 0. The smallest absolute Gasteiger partial charge is 0 e. The van der Waals surface area contributed by atoms with E-state index in [4.69, 9.17) is 0 Å². The van der Waals surface area contributed by atoms with Gasteiger partial charge in [-0.05, 0) is 0 Å². The minimum atomic E-state index is 0. The van der Waals surface area contributed by atoms with Crippen LogP contribution in [-0.2, 0) is 446 Å². The van der Waals surface area contributed by atoms with Crippen molar-refractivity contribution in [2.24, 2.45) is 0 Å². The molecule has 2 unspecified atom stereocenters. The standard InChI is InChI=1S/4Co.10Cs.70H2O.2H3P.18W/h;;;;;;;;;;;;;;70*1H2;2*1H3;;;;;;;;;;;;;;;;;;. The number of rotatable bonds is 0. The molecular formula is H146Co4Cs10O70P2W18. The second-order valence-corrected chi connectivity index (χ2v) is 0. The van der Waals surface area contributed by atoms with Crippen LogP contribution in [0.1, 0.15) is 0 Å². The summed E-state index contributed by atoms with van der Waals surface area (Å²) in [5.41, 5.74) is 0. The minimum Gasteiger partial charge on any atom is -0.412 e. The number of hydrogen-bond acceptors (Lipinski definition) is 0. The first-order valence-electron chi connectivity index (χ1n) is 0. The maximum atomic E-state index is 0. The Morgan fingerprint density at radius 2 is 0.0481 bits per heavy atom. The molecule has 14 radical (unpaired) electrons. The van der Waals surface area contributed by atoms with E-state index >= 15 is 0 Å². The third-order valence-electron chi connectivity index (χ3n) is 0. The molecule has 104 heteroatoms. The SMILES string of the molecule is O.O.O.O.O.O.O.O.O.O.O.O.O.O.O.O.O.O.O.O.O.O.O.O.O.O.O.O.O.O.O.O.O.O.O.O.O.O.O.O.O.O.O.O.O.O.O.O.O.O.O.O.O.O.O.O.O.O.O.O.O.O.O.O.O.O.O.O.O.O.P.P.[Co].[Co].[Co].[Co].[Cs].[Cs].[Cs].[Cs].[Cs].[Cs].[Cs].[Cs].[Cs].[Cs].[W].[W].[W].[W].[W].[W].[W].[W].[W].[W].[W].[W].[W].[W].[W].[W].[W].[W]. The molecular weight excluding hydrogens is 6060 g/mol. The fourth-order valence-electron chi connectivity index (χ4n) is 0. The monoisotopic (exact) mass is 6200 g/mol. The summed E-state index contributed by atoms with van der Waals surface area (Å²) in [6.45, 7) is 0. The molecule has 0 aliphatic heterocycles. The average molecular weight is 6200 g/mol. The van der Waals surface area contributed by atoms with E-state index < -0.39 is 0 Å². The molecule has 104 heavy (non-hydrogen) atoms. The molecule has 0 aliphatic carbocycles. The van der Waals surface area contributed by atoms with Crippen LogP contribution in [0.15, 0.2) is 0 Å². The topological polar surface area (TPSA) is 2200 Å². The van der Waals surface area contributed by atoms with Crippen molar-refractivity contribution in [2.45, 2.75) is 0 Å². The van der Waals surface area contributed by atoms with Crippen molar-refractivity contribution in [3.05, 3.63) is 0 Å². The maximum Gasteiger partial charge on any atom is 0 e. The van der Waals surface area contributed by atoms with Crippen LogP contribution in [0.3, 0.4) is 0 Å². The van der Waals surface area contributed by atoms with Crippen LogP contribution in [-0.4, -0.2) is 1070 Å². The summed E-state index contributed by atoms with van der Waals surface area (Å²) in [7, 11) is 0. The molecule has 0 rings (SSSR count). The van der Waals surface area contributed by atoms with Crippen LogP contribution < -0.4 is 0 Å². The van der Waals surface area contributed by atoms with Gasteiger partial charge in [0.15, 0.2) is 0 Å². The van der Waals surface area contributed by atoms with Crippen molar-refractivity contribution >= 4 is 709 Å². The number of hydrogen-bond donors (Lipinski definition) is 0. The van der Waals surface area contributed by atoms with E-state index in [1.54, 1.807) is 0 Å². The quantitative estimate of drug-likeness (QED) is 0.204. The van der Waals surface area contributed by atoms with Crippen molar-refractivity contribution in [1.29, 1.82) is 0 Å². The van der Waals surface area contributed by atoms with Crippen molar-refractivity contribution in [3.8, 4) is 0 Å². The minimum absolute atomic E-state index is 0. The summed E-state index contributed by atoms with van der Waals surface area (Å²) in [6.07, 6.45) is 0. The van der Waals surface area contributed by atoms with Gasteiger partial charge in [0.1, 0.15) is 0 Å². The summed E-state index contributed by atoms with van der Waals surface area (Å²) >= 11 is 0. The Bertz CT molecular complexity index is 150. The first-order chi connectivity index (χ1) is 0. The molecule has 730 valence electrons. The normalized spacial score (nSPS) is 0. The van der Waals surface area contributed by atoms with Crippen LogP contribution in [0.5, 0.6) is 0 Å². The van der Waals surface area contributed by atoms with Gasteiger partial charge in [0.2, 0.25) is 0 Å². The van der Waals surface area contributed by atoms with Crippen LogP contribution in [0.4, 0.5) is 0 Å². The van der Waals surface area contributed by atoms with Gasteiger partial charge in [0.25, 0.3) is 0 Å². The van der Waals surface area contributed by atoms with Gasteiger partial charge >= 0.3 is 0 Å². The Labute approximate surface area is 1490 Å². The van der Waals surface area contributed by atoms with Crippen molar-refractivity contribution < 1.29 is 830 Å². The third-order valence-corrected chi connectivity index (χ3v) is 0. The van der Waals surface area contributed by atoms with Crippen molar-refractivity contribution in [3.63, 3.8) is 0 Å². The van der Waals surface area contributed by atoms with Crippen LogP contribution in [0, 0.1) is 0 Å². The van der Waals surface area contributed by atoms with Crippen molar-refractivity contribution in [1.82, 2.24) is 0 Å². The van der Waals surface area contributed by atoms with E-state index in [-0.39, 0.29) is 1540 Å². The van der Waals surface area contributed by atoms with Gasteiger partial charge in [-0.3, -0.25) is 0 Å². The largest absolute Gasteiger partial charge is 0.412 e. The second kappa shape index (κ2) is 2280. The van der Waals surface area contributed by atoms with Crippen molar-refractivity contribution in [2.75, 3.05) is 0 Å². The Morgan fingerprint density at radius 1 is 0.0481 bits per heavy atom. The summed E-state index contributed by atoms with van der Waals surface area (Å²) in [6, 6.07) is 0. The fourth-order valence-corrected chi connectivity index (χ4v) is 0. The van der Waals surface area contributed by atoms with Crippen LogP contribution >= 0.6 is 19.8 Å². The molecule has 0 heterocycles. The van der Waals surface area contributed by atoms with E-state index in [0.717, 1.165) is 0 Å². The average Bonchev–Trinajstić information content (AvgIpc) is 0. The van der Waals surface area contributed by atoms with E-state index in [1.807, 2.05) is 0 Å². The zero-order valence-corrected chi connectivity index (χ0v) is 178. The molecule has 0 fully saturated rings. The second-order valence-electron chi connectivity index (χ2n) is 0. The first-order valence-corrected chi connectivity index (χ1v) is 0. The molecule has 0 aromatic rings. The fraction of sp³-hybridized carbons (Fsp3) is 0. The van der Waals surface area contributed by atoms with Gasteiger partial charge in [-0.25, -0.2) is 0 Å². The molecule has 0 amide bonds. The molecule has 0 bridgehead atoms. The predicted molar refractivity (Wildman–Crippen MR) is 333 cm³/mol. The molecule has 2 atom stereocenters. The Kier molecular flexibility index (Phi) is 50900. The predicted octanol–water partition coefficient (Wildman–Crippen LogP) is -61.5. The van der Waals surface area contributed by atoms with Gasteiger partial charge in [-0.2, -0.15) is 19.8 Å². The molecule has 140 N–H and O–H groups in total. The van der Waals surface area contributed by atoms with E-state index in [0.29, 0.717) is 0 Å². The van der Waals surface area contributed by atoms with Crippen LogP contribution in [0.2, 0.25) is 0 Å². The first kappa shape index (κ1) is 2330. The molecule has 0 spiro atoms. The van der Waals surface area contributed by atoms with Gasteiger partial charge in [0.05, 0.1) is 0 Å². The summed E-state index contributed by atoms with van der Waals surface area (Å²) < 4.78 is 0. The summed E-state index contributed by atoms with van der Waals surface area (Å²) in [5, 5.41) is 0. The van der Waals surface area contributed by atoms with E-state index in [1.165, 1.54) is 0 Å². The summed E-state index contributed by atoms with van der Waals surface area (Å²) in [4.78, 5) is 0. The van der Waals surface area contributed by atoms with E-state index in [2.05, 4.69) is 0 Å². The summed E-state index contributed by atoms with van der Waals surface area (Å²) in [5.74, 6) is 0. The Hall–Kier alpha value is 33.0. The molecule has 0 aromatic carbocycles. The third kappa shape index (κ3) is 2230. The molecule has 0 aromatic heterocycles. The molecule has 70 nitrogen and oxygen atoms in total. The zero-order valence-electron chi connectivity index (χ0n) is 55.1.